The van der Waals surface area contributed by atoms with Gasteiger partial charge in [0.15, 0.2) is 0 Å². The summed E-state index contributed by atoms with van der Waals surface area (Å²) in [5, 5.41) is 5.54. The van der Waals surface area contributed by atoms with Gasteiger partial charge in [0.05, 0.1) is 6.54 Å². The summed E-state index contributed by atoms with van der Waals surface area (Å²) in [4.78, 5) is 20.1. The molecule has 1 rings (SSSR count). The SMILES string of the molecule is CNC(=O)CNc1nc(C(C)(C)C)nc(NN)c1C. The Morgan fingerprint density at radius 3 is 2.32 bits per heavy atom. The first-order valence-electron chi connectivity index (χ1n) is 6.09. The van der Waals surface area contributed by atoms with Crippen molar-refractivity contribution in [3.8, 4) is 0 Å². The topological polar surface area (TPSA) is 105 Å². The molecule has 0 aliphatic rings. The van der Waals surface area contributed by atoms with Gasteiger partial charge in [0.2, 0.25) is 5.91 Å². The predicted octanol–water partition coefficient (Wildman–Crippen LogP) is 0.526. The highest BCUT2D eigenvalue weighted by atomic mass is 16.1. The number of hydrogen-bond donors (Lipinski definition) is 4. The Balaban J connectivity index is 3.11. The largest absolute Gasteiger partial charge is 0.361 e. The predicted molar refractivity (Wildman–Crippen MR) is 75.8 cm³/mol. The lowest BCUT2D eigenvalue weighted by molar-refractivity contribution is -0.118. The second kappa shape index (κ2) is 5.83. The van der Waals surface area contributed by atoms with Crippen LogP contribution in [0.15, 0.2) is 0 Å². The van der Waals surface area contributed by atoms with Crippen LogP contribution in [-0.2, 0) is 10.2 Å². The number of hydrogen-bond acceptors (Lipinski definition) is 6. The minimum atomic E-state index is -0.206. The standard InChI is InChI=1S/C12H22N6O/c1-7-9(15-6-8(19)14-5)16-11(12(2,3)4)17-10(7)18-13/h6,13H2,1-5H3,(H,14,19)(H2,15,16,17,18). The van der Waals surface area contributed by atoms with Crippen LogP contribution < -0.4 is 21.9 Å². The molecule has 0 saturated carbocycles. The van der Waals surface area contributed by atoms with E-state index in [2.05, 4.69) is 26.0 Å². The Morgan fingerprint density at radius 1 is 1.26 bits per heavy atom. The monoisotopic (exact) mass is 266 g/mol. The molecule has 0 saturated heterocycles. The van der Waals surface area contributed by atoms with Crippen molar-refractivity contribution in [2.24, 2.45) is 5.84 Å². The molecule has 0 aliphatic heterocycles. The summed E-state index contributed by atoms with van der Waals surface area (Å²) in [6.07, 6.45) is 0. The van der Waals surface area contributed by atoms with E-state index in [1.807, 2.05) is 27.7 Å². The smallest absolute Gasteiger partial charge is 0.239 e. The number of hydrazine groups is 1. The highest BCUT2D eigenvalue weighted by Crippen LogP contribution is 2.25. The maximum atomic E-state index is 11.3. The van der Waals surface area contributed by atoms with Gasteiger partial charge in [-0.1, -0.05) is 20.8 Å². The lowest BCUT2D eigenvalue weighted by Crippen LogP contribution is -2.28. The minimum Gasteiger partial charge on any atom is -0.361 e. The molecule has 0 radical (unpaired) electrons. The molecule has 1 aromatic rings. The van der Waals surface area contributed by atoms with Crippen LogP contribution >= 0.6 is 0 Å². The molecule has 106 valence electrons. The van der Waals surface area contributed by atoms with Gasteiger partial charge in [-0.3, -0.25) is 4.79 Å². The van der Waals surface area contributed by atoms with E-state index in [0.717, 1.165) is 5.56 Å². The van der Waals surface area contributed by atoms with Crippen LogP contribution in [0.2, 0.25) is 0 Å². The lowest BCUT2D eigenvalue weighted by atomic mass is 9.95. The van der Waals surface area contributed by atoms with Crippen LogP contribution in [0.5, 0.6) is 0 Å². The van der Waals surface area contributed by atoms with Crippen molar-refractivity contribution in [2.75, 3.05) is 24.3 Å². The zero-order chi connectivity index (χ0) is 14.6. The van der Waals surface area contributed by atoms with Crippen molar-refractivity contribution in [1.29, 1.82) is 0 Å². The minimum absolute atomic E-state index is 0.113. The maximum Gasteiger partial charge on any atom is 0.239 e. The van der Waals surface area contributed by atoms with Gasteiger partial charge in [-0.25, -0.2) is 15.8 Å². The van der Waals surface area contributed by atoms with Gasteiger partial charge in [-0.05, 0) is 6.92 Å². The average Bonchev–Trinajstić information content (AvgIpc) is 2.35. The number of nitrogens with one attached hydrogen (secondary N) is 3. The molecule has 0 aromatic carbocycles. The molecular weight excluding hydrogens is 244 g/mol. The third kappa shape index (κ3) is 3.78. The van der Waals surface area contributed by atoms with Crippen LogP contribution in [0.25, 0.3) is 0 Å². The molecule has 0 aliphatic carbocycles. The molecule has 0 bridgehead atoms. The summed E-state index contributed by atoms with van der Waals surface area (Å²) in [5.74, 6) is 7.17. The number of aromatic nitrogens is 2. The summed E-state index contributed by atoms with van der Waals surface area (Å²) >= 11 is 0. The van der Waals surface area contributed by atoms with Crippen LogP contribution in [0.3, 0.4) is 0 Å². The van der Waals surface area contributed by atoms with Gasteiger partial charge in [0, 0.05) is 18.0 Å². The fourth-order valence-electron chi connectivity index (χ4n) is 1.42. The summed E-state index contributed by atoms with van der Waals surface area (Å²) in [6, 6.07) is 0. The summed E-state index contributed by atoms with van der Waals surface area (Å²) in [5.41, 5.74) is 3.13. The number of nitrogens with zero attached hydrogens (tertiary/aromatic N) is 2. The quantitative estimate of drug-likeness (QED) is 0.468. The lowest BCUT2D eigenvalue weighted by Gasteiger charge is -2.20. The van der Waals surface area contributed by atoms with Crippen molar-refractivity contribution in [2.45, 2.75) is 33.1 Å². The maximum absolute atomic E-state index is 11.3. The average molecular weight is 266 g/mol. The van der Waals surface area contributed by atoms with Crippen molar-refractivity contribution in [3.05, 3.63) is 11.4 Å². The van der Waals surface area contributed by atoms with Crippen LogP contribution in [0.4, 0.5) is 11.6 Å². The number of nitrogen functional groups attached to an aromatic ring is 1. The third-order valence-corrected chi connectivity index (χ3v) is 2.65. The third-order valence-electron chi connectivity index (χ3n) is 2.65. The Labute approximate surface area is 113 Å². The van der Waals surface area contributed by atoms with Gasteiger partial charge in [0.1, 0.15) is 17.5 Å². The van der Waals surface area contributed by atoms with E-state index < -0.39 is 0 Å². The number of carbonyl (C=O) groups is 1. The van der Waals surface area contributed by atoms with Crippen LogP contribution in [0.1, 0.15) is 32.2 Å². The molecule has 19 heavy (non-hydrogen) atoms. The van der Waals surface area contributed by atoms with Crippen molar-refractivity contribution in [3.63, 3.8) is 0 Å². The number of amides is 1. The molecule has 7 nitrogen and oxygen atoms in total. The molecule has 1 aromatic heterocycles. The van der Waals surface area contributed by atoms with E-state index in [9.17, 15) is 4.79 Å². The molecule has 0 unspecified atom stereocenters. The zero-order valence-electron chi connectivity index (χ0n) is 12.1. The highest BCUT2D eigenvalue weighted by Gasteiger charge is 2.21. The Kier molecular flexibility index (Phi) is 4.66. The summed E-state index contributed by atoms with van der Waals surface area (Å²) in [6.45, 7) is 8.04. The normalized spacial score (nSPS) is 11.1. The first kappa shape index (κ1) is 15.2. The zero-order valence-corrected chi connectivity index (χ0v) is 12.1. The van der Waals surface area contributed by atoms with Gasteiger partial charge >= 0.3 is 0 Å². The molecular formula is C12H22N6O. The fourth-order valence-corrected chi connectivity index (χ4v) is 1.42. The fraction of sp³-hybridized carbons (Fsp3) is 0.583. The number of likely N-dealkylation sites (N-methyl/N-ethyl adjacent to an activating group) is 1. The van der Waals surface area contributed by atoms with E-state index in [0.29, 0.717) is 17.5 Å². The van der Waals surface area contributed by atoms with E-state index in [1.54, 1.807) is 7.05 Å². The number of anilines is 2. The number of nitrogens with two attached hydrogens (primary N) is 1. The van der Waals surface area contributed by atoms with Crippen LogP contribution in [-0.4, -0.2) is 29.5 Å². The van der Waals surface area contributed by atoms with E-state index in [1.165, 1.54) is 0 Å². The highest BCUT2D eigenvalue weighted by molar-refractivity contribution is 5.80. The number of rotatable bonds is 4. The Hall–Kier alpha value is -1.89. The van der Waals surface area contributed by atoms with Gasteiger partial charge in [0.25, 0.3) is 0 Å². The molecule has 0 spiro atoms. The molecule has 5 N–H and O–H groups in total. The summed E-state index contributed by atoms with van der Waals surface area (Å²) in [7, 11) is 1.59. The Morgan fingerprint density at radius 2 is 1.84 bits per heavy atom. The van der Waals surface area contributed by atoms with E-state index >= 15 is 0 Å². The number of carbonyl (C=O) groups excluding carboxylic acids is 1. The van der Waals surface area contributed by atoms with Crippen molar-refractivity contribution < 1.29 is 4.79 Å². The first-order chi connectivity index (χ1) is 8.79. The second-order valence-electron chi connectivity index (χ2n) is 5.29. The van der Waals surface area contributed by atoms with E-state index in [4.69, 9.17) is 5.84 Å². The van der Waals surface area contributed by atoms with Gasteiger partial charge in [-0.2, -0.15) is 0 Å². The molecule has 1 amide bonds. The Bertz CT molecular complexity index is 466. The molecule has 1 heterocycles. The molecule has 0 fully saturated rings. The van der Waals surface area contributed by atoms with Gasteiger partial charge < -0.3 is 16.1 Å². The first-order valence-corrected chi connectivity index (χ1v) is 6.09. The summed E-state index contributed by atoms with van der Waals surface area (Å²) < 4.78 is 0. The van der Waals surface area contributed by atoms with Crippen LogP contribution in [0, 0.1) is 6.92 Å². The second-order valence-corrected chi connectivity index (χ2v) is 5.29. The van der Waals surface area contributed by atoms with Crippen molar-refractivity contribution in [1.82, 2.24) is 15.3 Å². The van der Waals surface area contributed by atoms with E-state index in [-0.39, 0.29) is 17.9 Å². The molecule has 7 heteroatoms. The molecule has 0 atom stereocenters. The van der Waals surface area contributed by atoms with Crippen molar-refractivity contribution >= 4 is 17.5 Å². The van der Waals surface area contributed by atoms with Gasteiger partial charge in [-0.15, -0.1) is 0 Å².